The number of carbonyl (C=O) groups is 2. The zero-order valence-electron chi connectivity index (χ0n) is 17.9. The van der Waals surface area contributed by atoms with Gasteiger partial charge in [-0.15, -0.1) is 0 Å². The molecule has 2 N–H and O–H groups in total. The van der Waals surface area contributed by atoms with Crippen LogP contribution in [0.4, 0.5) is 5.69 Å². The zero-order chi connectivity index (χ0) is 21.5. The molecule has 2 aromatic carbocycles. The van der Waals surface area contributed by atoms with Gasteiger partial charge in [0, 0.05) is 13.2 Å². The number of hydrogen-bond acceptors (Lipinski definition) is 4. The molecule has 2 atom stereocenters. The first-order valence-corrected chi connectivity index (χ1v) is 10.5. The van der Waals surface area contributed by atoms with Gasteiger partial charge in [-0.1, -0.05) is 31.2 Å². The van der Waals surface area contributed by atoms with Gasteiger partial charge in [0.15, 0.2) is 6.10 Å². The van der Waals surface area contributed by atoms with Gasteiger partial charge in [-0.3, -0.25) is 9.59 Å². The highest BCUT2D eigenvalue weighted by Gasteiger charge is 2.22. The van der Waals surface area contributed by atoms with Crippen LogP contribution in [0.5, 0.6) is 5.75 Å². The summed E-state index contributed by atoms with van der Waals surface area (Å²) < 4.78 is 11.5. The molecule has 30 heavy (non-hydrogen) atoms. The van der Waals surface area contributed by atoms with Crippen molar-refractivity contribution in [2.45, 2.75) is 52.2 Å². The summed E-state index contributed by atoms with van der Waals surface area (Å²) in [5.41, 5.74) is 3.01. The van der Waals surface area contributed by atoms with Crippen LogP contribution in [0.3, 0.4) is 0 Å². The second-order valence-corrected chi connectivity index (χ2v) is 7.59. The van der Waals surface area contributed by atoms with Crippen LogP contribution in [-0.4, -0.2) is 37.2 Å². The number of hydrogen-bond donors (Lipinski definition) is 2. The summed E-state index contributed by atoms with van der Waals surface area (Å²) in [5, 5.41) is 5.77. The fourth-order valence-electron chi connectivity index (χ4n) is 3.44. The summed E-state index contributed by atoms with van der Waals surface area (Å²) in [4.78, 5) is 25.6. The van der Waals surface area contributed by atoms with Crippen LogP contribution in [0, 0.1) is 13.8 Å². The van der Waals surface area contributed by atoms with E-state index in [2.05, 4.69) is 10.6 Å². The van der Waals surface area contributed by atoms with E-state index in [1.54, 1.807) is 24.3 Å². The summed E-state index contributed by atoms with van der Waals surface area (Å²) in [6, 6.07) is 12.8. The Morgan fingerprint density at radius 2 is 1.97 bits per heavy atom. The average molecular weight is 411 g/mol. The SMILES string of the molecule is CC[C@@H](Oc1cccc(C)c1C)C(=O)Nc1ccccc1C(=O)NC[C@@H]1CCCO1. The number of carbonyl (C=O) groups excluding carboxylic acids is 2. The average Bonchev–Trinajstić information content (AvgIpc) is 3.27. The Kier molecular flexibility index (Phi) is 7.46. The predicted molar refractivity (Wildman–Crippen MR) is 117 cm³/mol. The molecule has 1 saturated heterocycles. The first kappa shape index (κ1) is 21.8. The molecular formula is C24H30N2O4. The van der Waals surface area contributed by atoms with Crippen LogP contribution in [-0.2, 0) is 9.53 Å². The molecule has 160 valence electrons. The van der Waals surface area contributed by atoms with Gasteiger partial charge >= 0.3 is 0 Å². The van der Waals surface area contributed by atoms with E-state index in [4.69, 9.17) is 9.47 Å². The van der Waals surface area contributed by atoms with E-state index in [9.17, 15) is 9.59 Å². The monoisotopic (exact) mass is 410 g/mol. The van der Waals surface area contributed by atoms with Crippen molar-refractivity contribution in [3.8, 4) is 5.75 Å². The van der Waals surface area contributed by atoms with E-state index in [0.29, 0.717) is 30.0 Å². The number of nitrogens with one attached hydrogen (secondary N) is 2. The smallest absolute Gasteiger partial charge is 0.265 e. The summed E-state index contributed by atoms with van der Waals surface area (Å²) in [7, 11) is 0. The minimum atomic E-state index is -0.659. The number of ether oxygens (including phenoxy) is 2. The van der Waals surface area contributed by atoms with Crippen molar-refractivity contribution in [3.63, 3.8) is 0 Å². The Morgan fingerprint density at radius 1 is 1.17 bits per heavy atom. The highest BCUT2D eigenvalue weighted by molar-refractivity contribution is 6.04. The Labute approximate surface area is 178 Å². The van der Waals surface area contributed by atoms with Crippen LogP contribution in [0.2, 0.25) is 0 Å². The molecule has 1 aliphatic heterocycles. The maximum atomic E-state index is 12.9. The molecule has 6 heteroatoms. The zero-order valence-corrected chi connectivity index (χ0v) is 17.9. The molecule has 0 saturated carbocycles. The predicted octanol–water partition coefficient (Wildman–Crippen LogP) is 4.01. The van der Waals surface area contributed by atoms with Gasteiger partial charge in [-0.25, -0.2) is 0 Å². The van der Waals surface area contributed by atoms with Gasteiger partial charge in [0.25, 0.3) is 11.8 Å². The third-order valence-electron chi connectivity index (χ3n) is 5.43. The van der Waals surface area contributed by atoms with Crippen molar-refractivity contribution in [2.75, 3.05) is 18.5 Å². The standard InChI is InChI=1S/C24H30N2O4/c1-4-21(30-22-13-7-9-16(2)17(22)3)24(28)26-20-12-6-5-11-19(20)23(27)25-15-18-10-8-14-29-18/h5-7,9,11-13,18,21H,4,8,10,14-15H2,1-3H3,(H,25,27)(H,26,28)/t18-,21+/m0/s1. The lowest BCUT2D eigenvalue weighted by atomic mass is 10.1. The van der Waals surface area contributed by atoms with Crippen LogP contribution in [0.1, 0.15) is 47.7 Å². The molecule has 6 nitrogen and oxygen atoms in total. The topological polar surface area (TPSA) is 76.7 Å². The van der Waals surface area contributed by atoms with E-state index in [1.165, 1.54) is 0 Å². The third kappa shape index (κ3) is 5.39. The van der Waals surface area contributed by atoms with E-state index in [-0.39, 0.29) is 17.9 Å². The molecule has 1 heterocycles. The number of aryl methyl sites for hydroxylation is 1. The largest absolute Gasteiger partial charge is 0.480 e. The van der Waals surface area contributed by atoms with Crippen molar-refractivity contribution in [2.24, 2.45) is 0 Å². The molecule has 3 rings (SSSR count). The number of anilines is 1. The highest BCUT2D eigenvalue weighted by Crippen LogP contribution is 2.23. The Balaban J connectivity index is 1.67. The van der Waals surface area contributed by atoms with Crippen LogP contribution in [0.25, 0.3) is 0 Å². The molecule has 0 unspecified atom stereocenters. The lowest BCUT2D eigenvalue weighted by Gasteiger charge is -2.20. The molecule has 1 fully saturated rings. The summed E-state index contributed by atoms with van der Waals surface area (Å²) in [6.07, 6.45) is 1.88. The fraction of sp³-hybridized carbons (Fsp3) is 0.417. The van der Waals surface area contributed by atoms with Crippen molar-refractivity contribution >= 4 is 17.5 Å². The van der Waals surface area contributed by atoms with Gasteiger partial charge < -0.3 is 20.1 Å². The molecule has 0 spiro atoms. The minimum Gasteiger partial charge on any atom is -0.480 e. The normalized spacial score (nSPS) is 16.7. The van der Waals surface area contributed by atoms with E-state index < -0.39 is 6.10 Å². The lowest BCUT2D eigenvalue weighted by molar-refractivity contribution is -0.122. The van der Waals surface area contributed by atoms with Crippen LogP contribution >= 0.6 is 0 Å². The molecule has 0 aliphatic carbocycles. The second kappa shape index (κ2) is 10.3. The third-order valence-corrected chi connectivity index (χ3v) is 5.43. The molecular weight excluding hydrogens is 380 g/mol. The molecule has 2 amide bonds. The van der Waals surface area contributed by atoms with Gasteiger partial charge in [0.1, 0.15) is 5.75 Å². The van der Waals surface area contributed by atoms with Gasteiger partial charge in [0.05, 0.1) is 17.4 Å². The lowest BCUT2D eigenvalue weighted by Crippen LogP contribution is -2.35. The molecule has 0 bridgehead atoms. The number of benzene rings is 2. The Morgan fingerprint density at radius 3 is 2.70 bits per heavy atom. The molecule has 0 aromatic heterocycles. The van der Waals surface area contributed by atoms with Crippen molar-refractivity contribution < 1.29 is 19.1 Å². The molecule has 1 aliphatic rings. The van der Waals surface area contributed by atoms with E-state index >= 15 is 0 Å². The Bertz CT molecular complexity index is 891. The molecule has 0 radical (unpaired) electrons. The number of amides is 2. The van der Waals surface area contributed by atoms with Crippen LogP contribution < -0.4 is 15.4 Å². The quantitative estimate of drug-likeness (QED) is 0.689. The van der Waals surface area contributed by atoms with Crippen molar-refractivity contribution in [1.82, 2.24) is 5.32 Å². The van der Waals surface area contributed by atoms with Crippen molar-refractivity contribution in [3.05, 3.63) is 59.2 Å². The summed E-state index contributed by atoms with van der Waals surface area (Å²) >= 11 is 0. The van der Waals surface area contributed by atoms with E-state index in [0.717, 1.165) is 30.6 Å². The van der Waals surface area contributed by atoms with Crippen molar-refractivity contribution in [1.29, 1.82) is 0 Å². The first-order chi connectivity index (χ1) is 14.5. The minimum absolute atomic E-state index is 0.0612. The second-order valence-electron chi connectivity index (χ2n) is 7.59. The van der Waals surface area contributed by atoms with Gasteiger partial charge in [0.2, 0.25) is 0 Å². The Hall–Kier alpha value is -2.86. The maximum absolute atomic E-state index is 12.9. The van der Waals surface area contributed by atoms with Crippen LogP contribution in [0.15, 0.2) is 42.5 Å². The fourth-order valence-corrected chi connectivity index (χ4v) is 3.44. The van der Waals surface area contributed by atoms with Gasteiger partial charge in [-0.2, -0.15) is 0 Å². The first-order valence-electron chi connectivity index (χ1n) is 10.5. The maximum Gasteiger partial charge on any atom is 0.265 e. The summed E-state index contributed by atoms with van der Waals surface area (Å²) in [5.74, 6) is 0.183. The molecule has 2 aromatic rings. The number of rotatable bonds is 8. The number of para-hydroxylation sites is 1. The summed E-state index contributed by atoms with van der Waals surface area (Å²) in [6.45, 7) is 7.09. The highest BCUT2D eigenvalue weighted by atomic mass is 16.5. The van der Waals surface area contributed by atoms with E-state index in [1.807, 2.05) is 39.0 Å². The van der Waals surface area contributed by atoms with Gasteiger partial charge in [-0.05, 0) is 62.4 Å².